The number of piperazine rings is 1. The molecule has 1 atom stereocenters. The summed E-state index contributed by atoms with van der Waals surface area (Å²) in [5.41, 5.74) is 2.66. The number of para-hydroxylation sites is 1. The second kappa shape index (κ2) is 7.15. The zero-order chi connectivity index (χ0) is 11.7. The van der Waals surface area contributed by atoms with Crippen LogP contribution in [0.5, 0.6) is 0 Å². The summed E-state index contributed by atoms with van der Waals surface area (Å²) in [5.74, 6) is 0. The Kier molecular flexibility index (Phi) is 6.14. The van der Waals surface area contributed by atoms with Crippen molar-refractivity contribution in [3.8, 4) is 0 Å². The van der Waals surface area contributed by atoms with E-state index in [1.165, 1.54) is 16.5 Å². The smallest absolute Gasteiger partial charge is 0.0457 e. The fourth-order valence-corrected chi connectivity index (χ4v) is 2.71. The van der Waals surface area contributed by atoms with Gasteiger partial charge in [-0.2, -0.15) is 0 Å². The summed E-state index contributed by atoms with van der Waals surface area (Å²) >= 11 is 0. The molecule has 2 heterocycles. The predicted molar refractivity (Wildman–Crippen MR) is 85.7 cm³/mol. The zero-order valence-electron chi connectivity index (χ0n) is 11.1. The summed E-state index contributed by atoms with van der Waals surface area (Å²) in [6, 6.07) is 9.04. The molecular formula is C14H21Cl2N3. The maximum atomic E-state index is 3.40. The van der Waals surface area contributed by atoms with Gasteiger partial charge in [0.1, 0.15) is 0 Å². The lowest BCUT2D eigenvalue weighted by molar-refractivity contribution is 0.186. The number of H-pyrrole nitrogens is 1. The number of fused-ring (bicyclic) bond motifs is 1. The highest BCUT2D eigenvalue weighted by molar-refractivity contribution is 5.85. The number of halogens is 2. The van der Waals surface area contributed by atoms with Crippen LogP contribution in [0.2, 0.25) is 0 Å². The first-order valence-electron chi connectivity index (χ1n) is 6.37. The Balaban J connectivity index is 0.000000902. The minimum absolute atomic E-state index is 0. The quantitative estimate of drug-likeness (QED) is 0.893. The average molecular weight is 302 g/mol. The van der Waals surface area contributed by atoms with E-state index < -0.39 is 0 Å². The van der Waals surface area contributed by atoms with Crippen molar-refractivity contribution in [3.05, 3.63) is 36.0 Å². The fraction of sp³-hybridized carbons (Fsp3) is 0.429. The Hall–Kier alpha value is -0.740. The SMILES string of the molecule is C[C@H](c1c[nH]c2ccccc12)N1CCNCC1.Cl.Cl. The van der Waals surface area contributed by atoms with Crippen LogP contribution < -0.4 is 5.32 Å². The molecule has 0 unspecified atom stereocenters. The van der Waals surface area contributed by atoms with E-state index >= 15 is 0 Å². The van der Waals surface area contributed by atoms with Crippen LogP contribution in [0.3, 0.4) is 0 Å². The van der Waals surface area contributed by atoms with Gasteiger partial charge in [-0.1, -0.05) is 18.2 Å². The molecule has 0 saturated carbocycles. The van der Waals surface area contributed by atoms with Crippen LogP contribution in [0.25, 0.3) is 10.9 Å². The Labute approximate surface area is 126 Å². The monoisotopic (exact) mass is 301 g/mol. The molecule has 0 aliphatic carbocycles. The molecule has 5 heteroatoms. The summed E-state index contributed by atoms with van der Waals surface area (Å²) in [5, 5.41) is 4.76. The average Bonchev–Trinajstić information content (AvgIpc) is 2.83. The van der Waals surface area contributed by atoms with E-state index in [4.69, 9.17) is 0 Å². The molecule has 19 heavy (non-hydrogen) atoms. The number of aromatic nitrogens is 1. The maximum absolute atomic E-state index is 3.40. The predicted octanol–water partition coefficient (Wildman–Crippen LogP) is 2.98. The molecule has 106 valence electrons. The lowest BCUT2D eigenvalue weighted by Gasteiger charge is -2.32. The molecule has 1 fully saturated rings. The van der Waals surface area contributed by atoms with E-state index in [-0.39, 0.29) is 24.8 Å². The number of benzene rings is 1. The Bertz CT molecular complexity index is 506. The second-order valence-corrected chi connectivity index (χ2v) is 4.75. The van der Waals surface area contributed by atoms with E-state index in [1.54, 1.807) is 0 Å². The van der Waals surface area contributed by atoms with Gasteiger partial charge >= 0.3 is 0 Å². The topological polar surface area (TPSA) is 31.1 Å². The molecule has 1 aliphatic rings. The van der Waals surface area contributed by atoms with Crippen LogP contribution in [-0.4, -0.2) is 36.1 Å². The van der Waals surface area contributed by atoms with Gasteiger partial charge in [-0.15, -0.1) is 24.8 Å². The van der Waals surface area contributed by atoms with Crippen LogP contribution >= 0.6 is 24.8 Å². The minimum atomic E-state index is 0. The standard InChI is InChI=1S/C14H19N3.2ClH/c1-11(17-8-6-15-7-9-17)13-10-16-14-5-3-2-4-12(13)14;;/h2-5,10-11,15-16H,6-9H2,1H3;2*1H/t11-;;/m1../s1. The van der Waals surface area contributed by atoms with Crippen molar-refractivity contribution < 1.29 is 0 Å². The highest BCUT2D eigenvalue weighted by atomic mass is 35.5. The van der Waals surface area contributed by atoms with Gasteiger partial charge in [-0.05, 0) is 18.6 Å². The van der Waals surface area contributed by atoms with Gasteiger partial charge in [0.25, 0.3) is 0 Å². The first-order valence-corrected chi connectivity index (χ1v) is 6.37. The van der Waals surface area contributed by atoms with Crippen molar-refractivity contribution in [2.45, 2.75) is 13.0 Å². The van der Waals surface area contributed by atoms with Gasteiger partial charge in [0.15, 0.2) is 0 Å². The molecule has 0 spiro atoms. The third-order valence-electron chi connectivity index (χ3n) is 3.77. The van der Waals surface area contributed by atoms with E-state index in [2.05, 4.69) is 52.6 Å². The summed E-state index contributed by atoms with van der Waals surface area (Å²) in [4.78, 5) is 5.91. The Morgan fingerprint density at radius 2 is 1.79 bits per heavy atom. The molecule has 1 aromatic carbocycles. The molecule has 1 aromatic heterocycles. The third kappa shape index (κ3) is 3.23. The number of hydrogen-bond donors (Lipinski definition) is 2. The molecule has 2 N–H and O–H groups in total. The van der Waals surface area contributed by atoms with Crippen LogP contribution in [0.1, 0.15) is 18.5 Å². The second-order valence-electron chi connectivity index (χ2n) is 4.75. The molecule has 2 aromatic rings. The molecule has 1 aliphatic heterocycles. The van der Waals surface area contributed by atoms with Crippen molar-refractivity contribution in [1.82, 2.24) is 15.2 Å². The zero-order valence-corrected chi connectivity index (χ0v) is 12.7. The van der Waals surface area contributed by atoms with Crippen molar-refractivity contribution in [2.24, 2.45) is 0 Å². The Morgan fingerprint density at radius 3 is 2.53 bits per heavy atom. The first kappa shape index (κ1) is 16.3. The number of hydrogen-bond acceptors (Lipinski definition) is 2. The van der Waals surface area contributed by atoms with Crippen molar-refractivity contribution in [2.75, 3.05) is 26.2 Å². The summed E-state index contributed by atoms with van der Waals surface area (Å²) < 4.78 is 0. The van der Waals surface area contributed by atoms with Gasteiger partial charge in [-0.25, -0.2) is 0 Å². The van der Waals surface area contributed by atoms with Gasteiger partial charge < -0.3 is 10.3 Å². The highest BCUT2D eigenvalue weighted by Crippen LogP contribution is 2.27. The van der Waals surface area contributed by atoms with Crippen molar-refractivity contribution in [1.29, 1.82) is 0 Å². The number of nitrogens with one attached hydrogen (secondary N) is 2. The summed E-state index contributed by atoms with van der Waals surface area (Å²) in [6.45, 7) is 6.79. The van der Waals surface area contributed by atoms with Crippen molar-refractivity contribution >= 4 is 35.7 Å². The first-order chi connectivity index (χ1) is 8.36. The normalized spacial score (nSPS) is 17.5. The van der Waals surface area contributed by atoms with Gasteiger partial charge in [-0.3, -0.25) is 4.90 Å². The van der Waals surface area contributed by atoms with E-state index in [0.29, 0.717) is 6.04 Å². The number of rotatable bonds is 2. The highest BCUT2D eigenvalue weighted by Gasteiger charge is 2.19. The van der Waals surface area contributed by atoms with E-state index in [0.717, 1.165) is 26.2 Å². The molecule has 3 rings (SSSR count). The van der Waals surface area contributed by atoms with Crippen LogP contribution in [0, 0.1) is 0 Å². The largest absolute Gasteiger partial charge is 0.361 e. The summed E-state index contributed by atoms with van der Waals surface area (Å²) in [6.07, 6.45) is 2.16. The van der Waals surface area contributed by atoms with E-state index in [9.17, 15) is 0 Å². The van der Waals surface area contributed by atoms with Crippen LogP contribution in [0.15, 0.2) is 30.5 Å². The summed E-state index contributed by atoms with van der Waals surface area (Å²) in [7, 11) is 0. The minimum Gasteiger partial charge on any atom is -0.361 e. The number of nitrogens with zero attached hydrogens (tertiary/aromatic N) is 1. The molecular weight excluding hydrogens is 281 g/mol. The molecule has 0 radical (unpaired) electrons. The van der Waals surface area contributed by atoms with Crippen molar-refractivity contribution in [3.63, 3.8) is 0 Å². The third-order valence-corrected chi connectivity index (χ3v) is 3.77. The van der Waals surface area contributed by atoms with Crippen LogP contribution in [0.4, 0.5) is 0 Å². The van der Waals surface area contributed by atoms with Crippen LogP contribution in [-0.2, 0) is 0 Å². The maximum Gasteiger partial charge on any atom is 0.0457 e. The molecule has 3 nitrogen and oxygen atoms in total. The lowest BCUT2D eigenvalue weighted by Crippen LogP contribution is -2.44. The fourth-order valence-electron chi connectivity index (χ4n) is 2.71. The van der Waals surface area contributed by atoms with Gasteiger partial charge in [0, 0.05) is 49.3 Å². The van der Waals surface area contributed by atoms with Gasteiger partial charge in [0.2, 0.25) is 0 Å². The molecule has 0 bridgehead atoms. The Morgan fingerprint density at radius 1 is 1.11 bits per heavy atom. The molecule has 0 amide bonds. The van der Waals surface area contributed by atoms with E-state index in [1.807, 2.05) is 0 Å². The molecule has 1 saturated heterocycles. The van der Waals surface area contributed by atoms with Gasteiger partial charge in [0.05, 0.1) is 0 Å². The lowest BCUT2D eigenvalue weighted by atomic mass is 10.1. The number of aromatic amines is 1.